The van der Waals surface area contributed by atoms with E-state index < -0.39 is 29.5 Å². The molecule has 6 nitrogen and oxygen atoms in total. The first-order valence-electron chi connectivity index (χ1n) is 6.28. The summed E-state index contributed by atoms with van der Waals surface area (Å²) in [4.78, 5) is 12.6. The molecule has 1 aliphatic heterocycles. The van der Waals surface area contributed by atoms with Crippen LogP contribution in [0.1, 0.15) is 15.9 Å². The second kappa shape index (κ2) is 4.79. The van der Waals surface area contributed by atoms with Gasteiger partial charge in [-0.2, -0.15) is 0 Å². The lowest BCUT2D eigenvalue weighted by atomic mass is 9.84. The maximum Gasteiger partial charge on any atom is 0.210 e. The van der Waals surface area contributed by atoms with E-state index in [-0.39, 0.29) is 27.6 Å². The van der Waals surface area contributed by atoms with Gasteiger partial charge in [0.25, 0.3) is 0 Å². The van der Waals surface area contributed by atoms with E-state index in [9.17, 15) is 25.2 Å². The SMILES string of the molecule is O=C1c2c(O)cc(O)c(Cl)c2OCC1(O)c1ccc(O)cc1. The first-order chi connectivity index (χ1) is 10.3. The zero-order valence-electron chi connectivity index (χ0n) is 11.1. The largest absolute Gasteiger partial charge is 0.508 e. The van der Waals surface area contributed by atoms with Crippen molar-refractivity contribution < 1.29 is 30.0 Å². The van der Waals surface area contributed by atoms with E-state index >= 15 is 0 Å². The smallest absolute Gasteiger partial charge is 0.210 e. The fourth-order valence-corrected chi connectivity index (χ4v) is 2.57. The van der Waals surface area contributed by atoms with Crippen LogP contribution in [0, 0.1) is 0 Å². The van der Waals surface area contributed by atoms with E-state index in [1.54, 1.807) is 0 Å². The number of phenolic OH excluding ortho intramolecular Hbond substituents is 3. The third-order valence-corrected chi connectivity index (χ3v) is 3.92. The van der Waals surface area contributed by atoms with E-state index in [0.29, 0.717) is 0 Å². The minimum absolute atomic E-state index is 0.0206. The van der Waals surface area contributed by atoms with Crippen LogP contribution in [0.15, 0.2) is 30.3 Å². The Balaban J connectivity index is 2.15. The Bertz CT molecular complexity index is 771. The monoisotopic (exact) mass is 322 g/mol. The third kappa shape index (κ3) is 1.96. The van der Waals surface area contributed by atoms with Crippen LogP contribution in [-0.4, -0.2) is 32.8 Å². The summed E-state index contributed by atoms with van der Waals surface area (Å²) in [5.74, 6) is -1.97. The van der Waals surface area contributed by atoms with Crippen LogP contribution in [-0.2, 0) is 5.60 Å². The van der Waals surface area contributed by atoms with Crippen LogP contribution in [0.2, 0.25) is 5.02 Å². The predicted octanol–water partition coefficient (Wildman–Crippen LogP) is 1.92. The number of aromatic hydroxyl groups is 3. The molecule has 0 aliphatic carbocycles. The molecule has 0 spiro atoms. The van der Waals surface area contributed by atoms with Crippen LogP contribution in [0.4, 0.5) is 0 Å². The van der Waals surface area contributed by atoms with Gasteiger partial charge in [0, 0.05) is 6.07 Å². The van der Waals surface area contributed by atoms with Gasteiger partial charge >= 0.3 is 0 Å². The molecule has 1 atom stereocenters. The standard InChI is InChI=1S/C15H11ClO6/c16-12-10(19)5-9(18)11-13(12)22-6-15(21,14(11)20)7-1-3-8(17)4-2-7/h1-5,17-19,21H,6H2. The Hall–Kier alpha value is -2.44. The van der Waals surface area contributed by atoms with Crippen molar-refractivity contribution in [2.45, 2.75) is 5.60 Å². The summed E-state index contributed by atoms with van der Waals surface area (Å²) < 4.78 is 5.30. The number of ketones is 1. The van der Waals surface area contributed by atoms with Crippen LogP contribution < -0.4 is 4.74 Å². The second-order valence-corrected chi connectivity index (χ2v) is 5.34. The molecule has 1 heterocycles. The number of carbonyl (C=O) groups is 1. The number of Topliss-reactive ketones (excluding diaryl/α,β-unsaturated/α-hetero) is 1. The molecule has 0 radical (unpaired) electrons. The van der Waals surface area contributed by atoms with E-state index in [1.165, 1.54) is 24.3 Å². The highest BCUT2D eigenvalue weighted by Gasteiger charge is 2.46. The number of phenols is 3. The molecule has 0 amide bonds. The van der Waals surface area contributed by atoms with Gasteiger partial charge in [-0.05, 0) is 17.7 Å². The second-order valence-electron chi connectivity index (χ2n) is 4.96. The van der Waals surface area contributed by atoms with Gasteiger partial charge < -0.3 is 25.2 Å². The zero-order chi connectivity index (χ0) is 16.1. The molecular weight excluding hydrogens is 312 g/mol. The highest BCUT2D eigenvalue weighted by Crippen LogP contribution is 2.47. The Morgan fingerprint density at radius 2 is 1.73 bits per heavy atom. The van der Waals surface area contributed by atoms with Gasteiger partial charge in [-0.15, -0.1) is 0 Å². The minimum Gasteiger partial charge on any atom is -0.508 e. The topological polar surface area (TPSA) is 107 Å². The number of hydrogen-bond acceptors (Lipinski definition) is 6. The number of halogens is 1. The molecule has 7 heteroatoms. The number of aliphatic hydroxyl groups is 1. The highest BCUT2D eigenvalue weighted by atomic mass is 35.5. The maximum absolute atomic E-state index is 12.6. The van der Waals surface area contributed by atoms with Gasteiger partial charge in [-0.1, -0.05) is 23.7 Å². The Labute approximate surface area is 129 Å². The lowest BCUT2D eigenvalue weighted by molar-refractivity contribution is -0.00550. The van der Waals surface area contributed by atoms with Gasteiger partial charge in [0.15, 0.2) is 11.4 Å². The molecule has 3 rings (SSSR count). The number of benzene rings is 2. The van der Waals surface area contributed by atoms with Crippen molar-refractivity contribution in [1.82, 2.24) is 0 Å². The fourth-order valence-electron chi connectivity index (χ4n) is 2.36. The highest BCUT2D eigenvalue weighted by molar-refractivity contribution is 6.34. The summed E-state index contributed by atoms with van der Waals surface area (Å²) in [6, 6.07) is 6.30. The van der Waals surface area contributed by atoms with Crippen LogP contribution in [0.5, 0.6) is 23.0 Å². The molecule has 0 bridgehead atoms. The molecule has 2 aromatic rings. The lowest BCUT2D eigenvalue weighted by Crippen LogP contribution is -2.45. The van der Waals surface area contributed by atoms with Crippen molar-refractivity contribution in [3.05, 3.63) is 46.5 Å². The number of fused-ring (bicyclic) bond motifs is 1. The molecule has 0 saturated carbocycles. The van der Waals surface area contributed by atoms with Gasteiger partial charge in [0.05, 0.1) is 0 Å². The van der Waals surface area contributed by atoms with Crippen molar-refractivity contribution in [2.24, 2.45) is 0 Å². The number of carbonyl (C=O) groups excluding carboxylic acids is 1. The number of ether oxygens (including phenoxy) is 1. The van der Waals surface area contributed by atoms with E-state index in [2.05, 4.69) is 0 Å². The average molecular weight is 323 g/mol. The first kappa shape index (κ1) is 14.5. The molecule has 0 fully saturated rings. The van der Waals surface area contributed by atoms with Crippen molar-refractivity contribution in [3.63, 3.8) is 0 Å². The van der Waals surface area contributed by atoms with Crippen molar-refractivity contribution >= 4 is 17.4 Å². The van der Waals surface area contributed by atoms with Gasteiger partial charge in [0.1, 0.15) is 34.4 Å². The summed E-state index contributed by atoms with van der Waals surface area (Å²) in [5.41, 5.74) is -2.13. The molecule has 4 N–H and O–H groups in total. The van der Waals surface area contributed by atoms with Gasteiger partial charge in [-0.25, -0.2) is 0 Å². The molecular formula is C15H11ClO6. The van der Waals surface area contributed by atoms with E-state index in [0.717, 1.165) is 6.07 Å². The predicted molar refractivity (Wildman–Crippen MR) is 76.6 cm³/mol. The normalized spacial score (nSPS) is 20.4. The molecule has 0 aromatic heterocycles. The maximum atomic E-state index is 12.6. The first-order valence-corrected chi connectivity index (χ1v) is 6.66. The summed E-state index contributed by atoms with van der Waals surface area (Å²) in [6.45, 7) is -0.438. The van der Waals surface area contributed by atoms with E-state index in [1.807, 2.05) is 0 Å². The van der Waals surface area contributed by atoms with Crippen molar-refractivity contribution in [3.8, 4) is 23.0 Å². The van der Waals surface area contributed by atoms with Crippen LogP contribution in [0.25, 0.3) is 0 Å². The van der Waals surface area contributed by atoms with Gasteiger partial charge in [0.2, 0.25) is 5.78 Å². The molecule has 1 aliphatic rings. The minimum atomic E-state index is -2.03. The summed E-state index contributed by atoms with van der Waals surface area (Å²) in [7, 11) is 0. The average Bonchev–Trinajstić information content (AvgIpc) is 2.48. The summed E-state index contributed by atoms with van der Waals surface area (Å²) in [5, 5.41) is 39.2. The van der Waals surface area contributed by atoms with Gasteiger partial charge in [-0.3, -0.25) is 4.79 Å². The third-order valence-electron chi connectivity index (χ3n) is 3.55. The molecule has 1 unspecified atom stereocenters. The summed E-state index contributed by atoms with van der Waals surface area (Å²) in [6.07, 6.45) is 0. The van der Waals surface area contributed by atoms with Crippen LogP contribution in [0.3, 0.4) is 0 Å². The number of rotatable bonds is 1. The summed E-state index contributed by atoms with van der Waals surface area (Å²) >= 11 is 5.86. The van der Waals surface area contributed by atoms with Crippen LogP contribution >= 0.6 is 11.6 Å². The van der Waals surface area contributed by atoms with E-state index in [4.69, 9.17) is 16.3 Å². The van der Waals surface area contributed by atoms with Crippen molar-refractivity contribution in [1.29, 1.82) is 0 Å². The quantitative estimate of drug-likeness (QED) is 0.639. The number of hydrogen-bond donors (Lipinski definition) is 4. The Morgan fingerprint density at radius 3 is 2.36 bits per heavy atom. The zero-order valence-corrected chi connectivity index (χ0v) is 11.8. The molecule has 22 heavy (non-hydrogen) atoms. The lowest BCUT2D eigenvalue weighted by Gasteiger charge is -2.33. The fraction of sp³-hybridized carbons (Fsp3) is 0.133. The van der Waals surface area contributed by atoms with Crippen molar-refractivity contribution in [2.75, 3.05) is 6.61 Å². The Morgan fingerprint density at radius 1 is 1.09 bits per heavy atom. The Kier molecular flexibility index (Phi) is 3.16. The molecule has 114 valence electrons. The molecule has 2 aromatic carbocycles. The molecule has 0 saturated heterocycles.